The Morgan fingerprint density at radius 1 is 1.09 bits per heavy atom. The van der Waals surface area contributed by atoms with Crippen molar-refractivity contribution in [3.8, 4) is 11.1 Å². The maximum Gasteiger partial charge on any atom is 0.407 e. The average molecular weight is 452 g/mol. The van der Waals surface area contributed by atoms with Gasteiger partial charge in [0, 0.05) is 19.0 Å². The number of nitrogens with one attached hydrogen (secondary N) is 2. The van der Waals surface area contributed by atoms with E-state index in [1.807, 2.05) is 55.6 Å². The number of benzene rings is 2. The highest BCUT2D eigenvalue weighted by Crippen LogP contribution is 2.44. The molecular formula is C25H29N3O5. The summed E-state index contributed by atoms with van der Waals surface area (Å²) in [4.78, 5) is 38.5. The van der Waals surface area contributed by atoms with Gasteiger partial charge in [-0.15, -0.1) is 0 Å². The molecule has 8 heteroatoms. The molecule has 2 amide bonds. The molecule has 0 saturated carbocycles. The van der Waals surface area contributed by atoms with Crippen molar-refractivity contribution in [2.24, 2.45) is 5.92 Å². The molecule has 3 N–H and O–H groups in total. The van der Waals surface area contributed by atoms with Gasteiger partial charge in [-0.25, -0.2) is 4.79 Å². The number of aliphatic carboxylic acids is 1. The van der Waals surface area contributed by atoms with E-state index in [1.165, 1.54) is 0 Å². The van der Waals surface area contributed by atoms with Crippen LogP contribution in [0.2, 0.25) is 0 Å². The molecule has 1 aliphatic heterocycles. The van der Waals surface area contributed by atoms with Crippen molar-refractivity contribution in [2.45, 2.75) is 24.8 Å². The van der Waals surface area contributed by atoms with Gasteiger partial charge in [0.15, 0.2) is 0 Å². The normalized spacial score (nSPS) is 18.3. The monoisotopic (exact) mass is 451 g/mol. The van der Waals surface area contributed by atoms with E-state index in [0.29, 0.717) is 12.5 Å². The van der Waals surface area contributed by atoms with Gasteiger partial charge in [-0.05, 0) is 48.2 Å². The number of rotatable bonds is 8. The molecule has 1 fully saturated rings. The minimum Gasteiger partial charge on any atom is -0.481 e. The fourth-order valence-corrected chi connectivity index (χ4v) is 4.73. The van der Waals surface area contributed by atoms with Crippen molar-refractivity contribution in [3.63, 3.8) is 0 Å². The number of fused-ring (bicyclic) bond motifs is 3. The molecule has 1 aliphatic carbocycles. The molecule has 2 atom stereocenters. The fraction of sp³-hybridized carbons (Fsp3) is 0.400. The number of carbonyl (C=O) groups is 3. The molecule has 1 heterocycles. The number of ether oxygens (including phenoxy) is 1. The molecular weight excluding hydrogens is 422 g/mol. The van der Waals surface area contributed by atoms with E-state index < -0.39 is 30.4 Å². The third kappa shape index (κ3) is 5.34. The Hall–Kier alpha value is -3.39. The van der Waals surface area contributed by atoms with Crippen LogP contribution < -0.4 is 10.6 Å². The zero-order chi connectivity index (χ0) is 23.4. The Morgan fingerprint density at radius 2 is 1.73 bits per heavy atom. The summed E-state index contributed by atoms with van der Waals surface area (Å²) in [6.45, 7) is 2.39. The third-order valence-electron chi connectivity index (χ3n) is 6.38. The number of alkyl carbamates (subject to hydrolysis) is 1. The van der Waals surface area contributed by atoms with Gasteiger partial charge < -0.3 is 25.4 Å². The van der Waals surface area contributed by atoms with E-state index in [-0.39, 0.29) is 12.5 Å². The highest BCUT2D eigenvalue weighted by atomic mass is 16.5. The Bertz CT molecular complexity index is 995. The van der Waals surface area contributed by atoms with Gasteiger partial charge in [0.2, 0.25) is 5.91 Å². The van der Waals surface area contributed by atoms with Crippen LogP contribution in [0.3, 0.4) is 0 Å². The molecule has 0 bridgehead atoms. The molecule has 2 aromatic rings. The van der Waals surface area contributed by atoms with Gasteiger partial charge in [0.25, 0.3) is 0 Å². The quantitative estimate of drug-likeness (QED) is 0.569. The standard InChI is InChI=1S/C25H29N3O5/c1-28-11-10-16(14-28)13-26-24(31)22(12-23(29)30)27-25(32)33-15-21-19-8-4-2-6-17(19)18-7-3-5-9-20(18)21/h2-9,16,21-22H,10-15H2,1H3,(H,26,31)(H,27,32)(H,29,30). The van der Waals surface area contributed by atoms with Gasteiger partial charge in [-0.3, -0.25) is 9.59 Å². The molecule has 4 rings (SSSR count). The van der Waals surface area contributed by atoms with Crippen molar-refractivity contribution in [1.29, 1.82) is 0 Å². The number of nitrogens with zero attached hydrogens (tertiary/aromatic N) is 1. The molecule has 0 radical (unpaired) electrons. The summed E-state index contributed by atoms with van der Waals surface area (Å²) in [5.41, 5.74) is 4.38. The lowest BCUT2D eigenvalue weighted by atomic mass is 9.98. The average Bonchev–Trinajstić information content (AvgIpc) is 3.36. The van der Waals surface area contributed by atoms with Crippen molar-refractivity contribution >= 4 is 18.0 Å². The topological polar surface area (TPSA) is 108 Å². The smallest absolute Gasteiger partial charge is 0.407 e. The summed E-state index contributed by atoms with van der Waals surface area (Å²) in [5, 5.41) is 14.4. The van der Waals surface area contributed by atoms with Crippen molar-refractivity contribution in [1.82, 2.24) is 15.5 Å². The second kappa shape index (κ2) is 10.0. The molecule has 8 nitrogen and oxygen atoms in total. The Balaban J connectivity index is 1.36. The second-order valence-electron chi connectivity index (χ2n) is 8.78. The van der Waals surface area contributed by atoms with E-state index in [9.17, 15) is 19.5 Å². The first-order valence-electron chi connectivity index (χ1n) is 11.2. The summed E-state index contributed by atoms with van der Waals surface area (Å²) in [5.74, 6) is -1.48. The molecule has 0 aromatic heterocycles. The highest BCUT2D eigenvalue weighted by molar-refractivity contribution is 5.89. The van der Waals surface area contributed by atoms with Gasteiger partial charge in [-0.2, -0.15) is 0 Å². The maximum atomic E-state index is 12.6. The highest BCUT2D eigenvalue weighted by Gasteiger charge is 2.30. The predicted octanol–water partition coefficient (Wildman–Crippen LogP) is 2.44. The van der Waals surface area contributed by atoms with E-state index in [2.05, 4.69) is 15.5 Å². The Kier molecular flexibility index (Phi) is 6.93. The van der Waals surface area contributed by atoms with Crippen molar-refractivity contribution in [2.75, 3.05) is 33.3 Å². The number of hydrogen-bond donors (Lipinski definition) is 3. The minimum atomic E-state index is -1.20. The SMILES string of the molecule is CN1CCC(CNC(=O)C(CC(=O)O)NC(=O)OCC2c3ccccc3-c3ccccc32)C1. The van der Waals surface area contributed by atoms with Crippen LogP contribution >= 0.6 is 0 Å². The van der Waals surface area contributed by atoms with Crippen LogP contribution in [-0.2, 0) is 14.3 Å². The zero-order valence-electron chi connectivity index (χ0n) is 18.6. The lowest BCUT2D eigenvalue weighted by Crippen LogP contribution is -2.49. The molecule has 33 heavy (non-hydrogen) atoms. The third-order valence-corrected chi connectivity index (χ3v) is 6.38. The van der Waals surface area contributed by atoms with Crippen LogP contribution in [0.25, 0.3) is 11.1 Å². The zero-order valence-corrected chi connectivity index (χ0v) is 18.6. The van der Waals surface area contributed by atoms with E-state index >= 15 is 0 Å². The first-order chi connectivity index (χ1) is 15.9. The largest absolute Gasteiger partial charge is 0.481 e. The van der Waals surface area contributed by atoms with Crippen LogP contribution in [-0.4, -0.2) is 67.3 Å². The van der Waals surface area contributed by atoms with Crippen molar-refractivity contribution in [3.05, 3.63) is 59.7 Å². The molecule has 0 spiro atoms. The van der Waals surface area contributed by atoms with E-state index in [4.69, 9.17) is 4.74 Å². The predicted molar refractivity (Wildman–Crippen MR) is 123 cm³/mol. The number of amides is 2. The minimum absolute atomic E-state index is 0.0929. The van der Waals surface area contributed by atoms with Gasteiger partial charge in [-0.1, -0.05) is 48.5 Å². The van der Waals surface area contributed by atoms with Gasteiger partial charge >= 0.3 is 12.1 Å². The molecule has 1 saturated heterocycles. The summed E-state index contributed by atoms with van der Waals surface area (Å²) < 4.78 is 5.46. The summed E-state index contributed by atoms with van der Waals surface area (Å²) in [6.07, 6.45) is -0.347. The van der Waals surface area contributed by atoms with E-state index in [1.54, 1.807) is 0 Å². The second-order valence-corrected chi connectivity index (χ2v) is 8.78. The number of carboxylic acid groups (broad SMARTS) is 1. The van der Waals surface area contributed by atoms with Crippen LogP contribution in [0.4, 0.5) is 4.79 Å². The maximum absolute atomic E-state index is 12.6. The first-order valence-corrected chi connectivity index (χ1v) is 11.2. The van der Waals surface area contributed by atoms with Gasteiger partial charge in [0.05, 0.1) is 6.42 Å². The number of hydrogen-bond acceptors (Lipinski definition) is 5. The fourth-order valence-electron chi connectivity index (χ4n) is 4.73. The number of carbonyl (C=O) groups excluding carboxylic acids is 2. The van der Waals surface area contributed by atoms with Gasteiger partial charge in [0.1, 0.15) is 12.6 Å². The lowest BCUT2D eigenvalue weighted by Gasteiger charge is -2.19. The van der Waals surface area contributed by atoms with Crippen LogP contribution in [0.1, 0.15) is 29.9 Å². The lowest BCUT2D eigenvalue weighted by molar-refractivity contribution is -0.139. The number of carboxylic acids is 1. The summed E-state index contributed by atoms with van der Waals surface area (Å²) >= 11 is 0. The van der Waals surface area contributed by atoms with E-state index in [0.717, 1.165) is 41.8 Å². The summed E-state index contributed by atoms with van der Waals surface area (Å²) in [6, 6.07) is 14.8. The molecule has 2 unspecified atom stereocenters. The van der Waals surface area contributed by atoms with Crippen LogP contribution in [0.15, 0.2) is 48.5 Å². The number of likely N-dealkylation sites (tertiary alicyclic amines) is 1. The Labute approximate surface area is 192 Å². The first kappa shape index (κ1) is 22.8. The van der Waals surface area contributed by atoms with Crippen LogP contribution in [0.5, 0.6) is 0 Å². The van der Waals surface area contributed by atoms with Crippen molar-refractivity contribution < 1.29 is 24.2 Å². The summed E-state index contributed by atoms with van der Waals surface area (Å²) in [7, 11) is 2.02. The molecule has 174 valence electrons. The van der Waals surface area contributed by atoms with Crippen LogP contribution in [0, 0.1) is 5.92 Å². The molecule has 2 aromatic carbocycles. The molecule has 2 aliphatic rings. The Morgan fingerprint density at radius 3 is 2.30 bits per heavy atom.